The van der Waals surface area contributed by atoms with Crippen molar-refractivity contribution < 1.29 is 13.5 Å². The molecule has 120 valence electrons. The number of β-amino-alcohol motifs (C(OH)–C–C–N with tert-alkyl or cyclic N) is 1. The van der Waals surface area contributed by atoms with Crippen LogP contribution in [-0.4, -0.2) is 80.5 Å². The minimum Gasteiger partial charge on any atom is -0.395 e. The Hall–Kier alpha value is -0.940. The number of aliphatic hydroxyl groups excluding tert-OH is 1. The van der Waals surface area contributed by atoms with Crippen molar-refractivity contribution >= 4 is 32.4 Å². The number of rotatable bonds is 5. The molecule has 0 amide bonds. The molecule has 1 fully saturated rings. The minimum atomic E-state index is -3.61. The largest absolute Gasteiger partial charge is 0.395 e. The molecular weight excluding hydrogens is 314 g/mol. The van der Waals surface area contributed by atoms with E-state index in [0.717, 1.165) is 28.9 Å². The summed E-state index contributed by atoms with van der Waals surface area (Å²) in [4.78, 5) is 4.24. The number of nitrogens with two attached hydrogens (primary N) is 1. The van der Waals surface area contributed by atoms with Crippen molar-refractivity contribution in [3.8, 4) is 0 Å². The van der Waals surface area contributed by atoms with E-state index >= 15 is 0 Å². The average molecular weight is 335 g/mol. The van der Waals surface area contributed by atoms with Gasteiger partial charge in [0.05, 0.1) is 6.61 Å². The molecule has 0 unspecified atom stereocenters. The Morgan fingerprint density at radius 2 is 1.95 bits per heavy atom. The molecule has 21 heavy (non-hydrogen) atoms. The van der Waals surface area contributed by atoms with Gasteiger partial charge in [-0.15, -0.1) is 0 Å². The number of nitrogen functional groups attached to an aromatic ring is 1. The summed E-state index contributed by atoms with van der Waals surface area (Å²) in [5, 5.41) is 9.55. The highest BCUT2D eigenvalue weighted by Gasteiger charge is 2.31. The number of hydrogen-bond acceptors (Lipinski definition) is 8. The van der Waals surface area contributed by atoms with Gasteiger partial charge < -0.3 is 15.7 Å². The van der Waals surface area contributed by atoms with Gasteiger partial charge in [-0.3, -0.25) is 4.90 Å². The van der Waals surface area contributed by atoms with Gasteiger partial charge in [0.25, 0.3) is 0 Å². The van der Waals surface area contributed by atoms with Crippen molar-refractivity contribution in [1.82, 2.24) is 13.6 Å². The summed E-state index contributed by atoms with van der Waals surface area (Å²) in [5.41, 5.74) is 5.77. The van der Waals surface area contributed by atoms with Crippen LogP contribution in [0.25, 0.3) is 0 Å². The Morgan fingerprint density at radius 3 is 2.48 bits per heavy atom. The van der Waals surface area contributed by atoms with Gasteiger partial charge in [0.15, 0.2) is 10.7 Å². The van der Waals surface area contributed by atoms with Crippen LogP contribution in [0.2, 0.25) is 0 Å². The molecule has 1 saturated heterocycles. The zero-order valence-electron chi connectivity index (χ0n) is 12.2. The Balaban J connectivity index is 2.23. The fourth-order valence-corrected chi connectivity index (χ4v) is 4.50. The van der Waals surface area contributed by atoms with E-state index in [0.29, 0.717) is 24.6 Å². The molecule has 0 saturated carbocycles. The number of nitrogens with zero attached hydrogens (tertiary/aromatic N) is 4. The monoisotopic (exact) mass is 335 g/mol. The van der Waals surface area contributed by atoms with E-state index in [1.165, 1.54) is 14.1 Å². The maximum absolute atomic E-state index is 12.4. The van der Waals surface area contributed by atoms with Crippen molar-refractivity contribution in [3.05, 3.63) is 0 Å². The molecule has 0 spiro atoms. The Kier molecular flexibility index (Phi) is 5.04. The van der Waals surface area contributed by atoms with Crippen LogP contribution in [0.15, 0.2) is 4.90 Å². The number of aliphatic hydroxyl groups is 1. The van der Waals surface area contributed by atoms with Gasteiger partial charge in [-0.25, -0.2) is 12.7 Å². The lowest BCUT2D eigenvalue weighted by Gasteiger charge is -2.35. The summed E-state index contributed by atoms with van der Waals surface area (Å²) in [6.45, 7) is 3.71. The fourth-order valence-electron chi connectivity index (χ4n) is 2.23. The summed E-state index contributed by atoms with van der Waals surface area (Å²) in [6, 6.07) is 0. The fraction of sp³-hybridized carbons (Fsp3) is 0.727. The molecule has 1 aromatic heterocycles. The third kappa shape index (κ3) is 3.29. The van der Waals surface area contributed by atoms with Crippen LogP contribution in [0.4, 0.5) is 10.8 Å². The molecule has 0 bridgehead atoms. The van der Waals surface area contributed by atoms with Crippen molar-refractivity contribution in [2.24, 2.45) is 0 Å². The lowest BCUT2D eigenvalue weighted by molar-refractivity contribution is 0.189. The normalized spacial score (nSPS) is 17.6. The second kappa shape index (κ2) is 6.44. The standard InChI is InChI=1S/C11H21N5O3S2/c1-14(2)21(18,19)9-10(12)13-20-11(9)16-5-3-15(4-6-16)7-8-17/h17H,3-8H2,1-2H3,(H2,12,13). The van der Waals surface area contributed by atoms with Crippen LogP contribution in [-0.2, 0) is 10.0 Å². The molecule has 1 aliphatic heterocycles. The molecule has 1 aliphatic rings. The second-order valence-electron chi connectivity index (χ2n) is 5.04. The third-order valence-electron chi connectivity index (χ3n) is 3.47. The van der Waals surface area contributed by atoms with Crippen LogP contribution in [0, 0.1) is 0 Å². The molecular formula is C11H21N5O3S2. The zero-order valence-corrected chi connectivity index (χ0v) is 13.8. The molecule has 0 atom stereocenters. The second-order valence-corrected chi connectivity index (χ2v) is 7.88. The summed E-state index contributed by atoms with van der Waals surface area (Å²) in [7, 11) is -0.644. The van der Waals surface area contributed by atoms with E-state index in [4.69, 9.17) is 10.8 Å². The van der Waals surface area contributed by atoms with E-state index < -0.39 is 10.0 Å². The maximum Gasteiger partial charge on any atom is 0.249 e. The van der Waals surface area contributed by atoms with Gasteiger partial charge in [0.2, 0.25) is 10.0 Å². The molecule has 0 aliphatic carbocycles. The predicted octanol–water partition coefficient (Wildman–Crippen LogP) is -0.910. The Labute approximate surface area is 129 Å². The highest BCUT2D eigenvalue weighted by atomic mass is 32.2. The van der Waals surface area contributed by atoms with Crippen molar-refractivity contribution in [2.45, 2.75) is 4.90 Å². The molecule has 2 rings (SSSR count). The Morgan fingerprint density at radius 1 is 1.33 bits per heavy atom. The first-order chi connectivity index (χ1) is 9.87. The van der Waals surface area contributed by atoms with E-state index in [-0.39, 0.29) is 17.3 Å². The number of aromatic nitrogens is 1. The first-order valence-electron chi connectivity index (χ1n) is 6.63. The zero-order chi connectivity index (χ0) is 15.6. The third-order valence-corrected chi connectivity index (χ3v) is 6.40. The van der Waals surface area contributed by atoms with E-state index in [9.17, 15) is 8.42 Å². The number of sulfonamides is 1. The van der Waals surface area contributed by atoms with Crippen LogP contribution < -0.4 is 10.6 Å². The average Bonchev–Trinajstić information content (AvgIpc) is 2.82. The SMILES string of the molecule is CN(C)S(=O)(=O)c1c(N)nsc1N1CCN(CCO)CC1. The van der Waals surface area contributed by atoms with E-state index in [1.54, 1.807) is 0 Å². The quantitative estimate of drug-likeness (QED) is 0.718. The maximum atomic E-state index is 12.4. The van der Waals surface area contributed by atoms with Crippen LogP contribution in [0.5, 0.6) is 0 Å². The molecule has 1 aromatic rings. The molecule has 2 heterocycles. The summed E-state index contributed by atoms with van der Waals surface area (Å²) in [5.74, 6) is 0.0569. The topological polar surface area (TPSA) is 103 Å². The van der Waals surface area contributed by atoms with E-state index in [2.05, 4.69) is 9.27 Å². The van der Waals surface area contributed by atoms with Crippen molar-refractivity contribution in [1.29, 1.82) is 0 Å². The van der Waals surface area contributed by atoms with Crippen molar-refractivity contribution in [2.75, 3.05) is 64.1 Å². The van der Waals surface area contributed by atoms with Gasteiger partial charge in [-0.05, 0) is 11.5 Å². The van der Waals surface area contributed by atoms with Gasteiger partial charge in [0, 0.05) is 46.8 Å². The highest BCUT2D eigenvalue weighted by Crippen LogP contribution is 2.36. The number of anilines is 2. The molecule has 10 heteroatoms. The smallest absolute Gasteiger partial charge is 0.249 e. The lowest BCUT2D eigenvalue weighted by Crippen LogP contribution is -2.47. The summed E-state index contributed by atoms with van der Waals surface area (Å²) >= 11 is 1.12. The predicted molar refractivity (Wildman–Crippen MR) is 83.1 cm³/mol. The minimum absolute atomic E-state index is 0.0569. The summed E-state index contributed by atoms with van der Waals surface area (Å²) < 4.78 is 29.9. The van der Waals surface area contributed by atoms with Crippen molar-refractivity contribution in [3.63, 3.8) is 0 Å². The lowest BCUT2D eigenvalue weighted by atomic mass is 10.3. The number of piperazine rings is 1. The van der Waals surface area contributed by atoms with E-state index in [1.807, 2.05) is 4.90 Å². The van der Waals surface area contributed by atoms with Crippen LogP contribution in [0.3, 0.4) is 0 Å². The van der Waals surface area contributed by atoms with Crippen LogP contribution in [0.1, 0.15) is 0 Å². The summed E-state index contributed by atoms with van der Waals surface area (Å²) in [6.07, 6.45) is 0. The first-order valence-corrected chi connectivity index (χ1v) is 8.85. The van der Waals surface area contributed by atoms with Gasteiger partial charge in [-0.1, -0.05) is 0 Å². The molecule has 0 radical (unpaired) electrons. The molecule has 0 aromatic carbocycles. The Bertz CT molecular complexity index is 579. The highest BCUT2D eigenvalue weighted by molar-refractivity contribution is 7.89. The van der Waals surface area contributed by atoms with Gasteiger partial charge in [-0.2, -0.15) is 4.37 Å². The molecule has 3 N–H and O–H groups in total. The van der Waals surface area contributed by atoms with Gasteiger partial charge in [0.1, 0.15) is 5.00 Å². The van der Waals surface area contributed by atoms with Gasteiger partial charge >= 0.3 is 0 Å². The van der Waals surface area contributed by atoms with Crippen LogP contribution >= 0.6 is 11.5 Å². The first kappa shape index (κ1) is 16.4. The molecule has 8 nitrogen and oxygen atoms in total. The number of hydrogen-bond donors (Lipinski definition) is 2.